The van der Waals surface area contributed by atoms with Gasteiger partial charge in [0, 0.05) is 5.56 Å². The fourth-order valence-corrected chi connectivity index (χ4v) is 5.04. The number of carbonyl (C=O) groups is 1. The summed E-state index contributed by atoms with van der Waals surface area (Å²) in [5.41, 5.74) is 1.77. The van der Waals surface area contributed by atoms with E-state index in [2.05, 4.69) is 0 Å². The Kier molecular flexibility index (Phi) is 5.12. The number of hydrogen-bond donors (Lipinski definition) is 1. The topological polar surface area (TPSA) is 94.0 Å². The van der Waals surface area contributed by atoms with E-state index in [1.165, 1.54) is 35.5 Å². The van der Waals surface area contributed by atoms with E-state index in [0.717, 1.165) is 10.4 Å². The number of ketones is 1. The Morgan fingerprint density at radius 1 is 1.07 bits per heavy atom. The van der Waals surface area contributed by atoms with Crippen molar-refractivity contribution < 1.29 is 22.5 Å². The number of sulfonamides is 1. The van der Waals surface area contributed by atoms with Crippen LogP contribution in [0.1, 0.15) is 17.3 Å². The minimum absolute atomic E-state index is 0.104. The molecule has 4 rings (SSSR count). The molecular formula is C20H22N3O5S+. The van der Waals surface area contributed by atoms with E-state index in [1.54, 1.807) is 10.6 Å². The summed E-state index contributed by atoms with van der Waals surface area (Å²) in [5, 5.41) is 0. The maximum absolute atomic E-state index is 12.9. The normalized spacial score (nSPS) is 16.3. The van der Waals surface area contributed by atoms with Gasteiger partial charge in [-0.3, -0.25) is 4.79 Å². The van der Waals surface area contributed by atoms with Crippen molar-refractivity contribution in [2.75, 3.05) is 26.2 Å². The molecule has 1 aliphatic rings. The molecule has 2 aromatic carbocycles. The van der Waals surface area contributed by atoms with Crippen molar-refractivity contribution in [3.8, 4) is 0 Å². The minimum atomic E-state index is -3.61. The van der Waals surface area contributed by atoms with E-state index in [-0.39, 0.29) is 10.7 Å². The zero-order chi connectivity index (χ0) is 20.6. The Morgan fingerprint density at radius 3 is 2.38 bits per heavy atom. The second-order valence-corrected chi connectivity index (χ2v) is 9.09. The first-order valence-corrected chi connectivity index (χ1v) is 10.8. The molecule has 9 heteroatoms. The molecule has 0 radical (unpaired) electrons. The summed E-state index contributed by atoms with van der Waals surface area (Å²) < 4.78 is 34.1. The number of piperazine rings is 1. The highest BCUT2D eigenvalue weighted by atomic mass is 32.2. The van der Waals surface area contributed by atoms with Gasteiger partial charge in [-0.1, -0.05) is 24.3 Å². The fourth-order valence-electron chi connectivity index (χ4n) is 3.60. The zero-order valence-electron chi connectivity index (χ0n) is 16.0. The van der Waals surface area contributed by atoms with Crippen LogP contribution in [0, 0.1) is 0 Å². The van der Waals surface area contributed by atoms with Crippen LogP contribution < -0.4 is 10.7 Å². The van der Waals surface area contributed by atoms with E-state index >= 15 is 0 Å². The summed E-state index contributed by atoms with van der Waals surface area (Å²) in [6.07, 6.45) is 0. The van der Waals surface area contributed by atoms with Gasteiger partial charge in [0.25, 0.3) is 0 Å². The van der Waals surface area contributed by atoms with Crippen LogP contribution >= 0.6 is 0 Å². The number of fused-ring (bicyclic) bond motifs is 1. The van der Waals surface area contributed by atoms with Crippen molar-refractivity contribution >= 4 is 26.9 Å². The van der Waals surface area contributed by atoms with Crippen LogP contribution in [-0.2, 0) is 16.7 Å². The Morgan fingerprint density at radius 2 is 1.72 bits per heavy atom. The van der Waals surface area contributed by atoms with Crippen LogP contribution in [0.5, 0.6) is 0 Å². The average Bonchev–Trinajstić information content (AvgIpc) is 3.04. The van der Waals surface area contributed by atoms with Crippen molar-refractivity contribution in [3.63, 3.8) is 0 Å². The number of carbonyl (C=O) groups excluding carboxylic acids is 1. The number of Topliss-reactive ketones (excluding diaryl/α,β-unsaturated/α-hetero) is 1. The van der Waals surface area contributed by atoms with Gasteiger partial charge in [-0.2, -0.15) is 4.31 Å². The summed E-state index contributed by atoms with van der Waals surface area (Å²) >= 11 is 0. The molecule has 1 aromatic heterocycles. The maximum atomic E-state index is 12.9. The monoisotopic (exact) mass is 416 g/mol. The number of oxazole rings is 1. The maximum Gasteiger partial charge on any atom is 0.424 e. The van der Waals surface area contributed by atoms with Crippen LogP contribution in [0.2, 0.25) is 0 Å². The molecule has 0 bridgehead atoms. The molecule has 0 amide bonds. The highest BCUT2D eigenvalue weighted by Crippen LogP contribution is 2.17. The largest absolute Gasteiger partial charge is 0.424 e. The Bertz CT molecular complexity index is 1200. The third-order valence-electron chi connectivity index (χ3n) is 5.28. The predicted molar refractivity (Wildman–Crippen MR) is 106 cm³/mol. The van der Waals surface area contributed by atoms with Gasteiger partial charge in [0.2, 0.25) is 10.0 Å². The molecule has 0 atom stereocenters. The van der Waals surface area contributed by atoms with Crippen LogP contribution in [0.4, 0.5) is 0 Å². The van der Waals surface area contributed by atoms with E-state index in [9.17, 15) is 18.0 Å². The van der Waals surface area contributed by atoms with Crippen molar-refractivity contribution in [2.24, 2.45) is 0 Å². The summed E-state index contributed by atoms with van der Waals surface area (Å²) in [6, 6.07) is 13.3. The number of quaternary nitrogens is 1. The van der Waals surface area contributed by atoms with Crippen molar-refractivity contribution in [1.29, 1.82) is 0 Å². The van der Waals surface area contributed by atoms with Gasteiger partial charge in [-0.05, 0) is 31.2 Å². The van der Waals surface area contributed by atoms with Gasteiger partial charge in [0.1, 0.15) is 0 Å². The number of hydrogen-bond acceptors (Lipinski definition) is 5. The Balaban J connectivity index is 1.45. The first kappa shape index (κ1) is 19.6. The van der Waals surface area contributed by atoms with Crippen molar-refractivity contribution in [3.05, 3.63) is 64.6 Å². The van der Waals surface area contributed by atoms with Gasteiger partial charge in [0.05, 0.1) is 36.6 Å². The lowest BCUT2D eigenvalue weighted by atomic mass is 10.2. The first-order valence-electron chi connectivity index (χ1n) is 9.39. The molecule has 1 aliphatic heterocycles. The second kappa shape index (κ2) is 7.58. The summed E-state index contributed by atoms with van der Waals surface area (Å²) in [4.78, 5) is 24.8. The summed E-state index contributed by atoms with van der Waals surface area (Å²) in [5.74, 6) is -0.507. The van der Waals surface area contributed by atoms with E-state index in [4.69, 9.17) is 4.42 Å². The lowest BCUT2D eigenvalue weighted by Crippen LogP contribution is -3.14. The summed E-state index contributed by atoms with van der Waals surface area (Å²) in [6.45, 7) is 3.75. The predicted octanol–water partition coefficient (Wildman–Crippen LogP) is 0.344. The molecular weight excluding hydrogens is 394 g/mol. The molecule has 0 spiro atoms. The third-order valence-corrected chi connectivity index (χ3v) is 7.20. The minimum Gasteiger partial charge on any atom is -0.408 e. The molecule has 0 saturated carbocycles. The van der Waals surface area contributed by atoms with Crippen LogP contribution in [0.3, 0.4) is 0 Å². The Hall–Kier alpha value is -2.75. The van der Waals surface area contributed by atoms with Gasteiger partial charge in [-0.25, -0.2) is 17.8 Å². The highest BCUT2D eigenvalue weighted by molar-refractivity contribution is 7.89. The standard InChI is InChI=1S/C20H21N3O5S/c1-15(24)16-6-8-17(9-7-16)29(26,27)22-12-10-21(11-13-22)14-23-18-4-2-3-5-19(18)28-20(23)25/h2-9H,10-14H2,1H3/p+1. The lowest BCUT2D eigenvalue weighted by Gasteiger charge is -2.31. The third kappa shape index (κ3) is 3.76. The highest BCUT2D eigenvalue weighted by Gasteiger charge is 2.31. The van der Waals surface area contributed by atoms with Gasteiger partial charge < -0.3 is 9.32 Å². The number of rotatable bonds is 5. The number of benzene rings is 2. The smallest absolute Gasteiger partial charge is 0.408 e. The number of para-hydroxylation sites is 2. The number of nitrogens with one attached hydrogen (secondary N) is 1. The van der Waals surface area contributed by atoms with E-state index in [1.807, 2.05) is 18.2 Å². The summed E-state index contributed by atoms with van der Waals surface area (Å²) in [7, 11) is -3.61. The molecule has 2 heterocycles. The molecule has 1 N–H and O–H groups in total. The molecule has 8 nitrogen and oxygen atoms in total. The molecule has 3 aromatic rings. The molecule has 0 aliphatic carbocycles. The van der Waals surface area contributed by atoms with E-state index < -0.39 is 15.8 Å². The van der Waals surface area contributed by atoms with Crippen molar-refractivity contribution in [2.45, 2.75) is 18.5 Å². The van der Waals surface area contributed by atoms with Crippen LogP contribution in [-0.4, -0.2) is 49.3 Å². The van der Waals surface area contributed by atoms with Gasteiger partial charge >= 0.3 is 5.76 Å². The SMILES string of the molecule is CC(=O)c1ccc(S(=O)(=O)N2CC[NH+](Cn3c(=O)oc4ccccc43)CC2)cc1. The van der Waals surface area contributed by atoms with Gasteiger partial charge in [-0.15, -0.1) is 0 Å². The molecule has 1 fully saturated rings. The fraction of sp³-hybridized carbons (Fsp3) is 0.300. The molecule has 29 heavy (non-hydrogen) atoms. The lowest BCUT2D eigenvalue weighted by molar-refractivity contribution is -0.926. The van der Waals surface area contributed by atoms with Crippen LogP contribution in [0.25, 0.3) is 11.1 Å². The molecule has 1 saturated heterocycles. The molecule has 152 valence electrons. The Labute approximate surface area is 168 Å². The van der Waals surface area contributed by atoms with Gasteiger partial charge in [0.15, 0.2) is 18.0 Å². The van der Waals surface area contributed by atoms with Crippen LogP contribution in [0.15, 0.2) is 62.6 Å². The second-order valence-electron chi connectivity index (χ2n) is 7.16. The molecule has 0 unspecified atom stereocenters. The number of aromatic nitrogens is 1. The first-order chi connectivity index (χ1) is 13.9. The zero-order valence-corrected chi connectivity index (χ0v) is 16.8. The average molecular weight is 416 g/mol. The quantitative estimate of drug-likeness (QED) is 0.606. The van der Waals surface area contributed by atoms with E-state index in [0.29, 0.717) is 44.0 Å². The van der Waals surface area contributed by atoms with Crippen molar-refractivity contribution in [1.82, 2.24) is 8.87 Å². The number of nitrogens with zero attached hydrogens (tertiary/aromatic N) is 2.